The molecule has 4 aliphatic carbocycles. The van der Waals surface area contributed by atoms with Crippen molar-refractivity contribution in [3.05, 3.63) is 196 Å². The standard InChI is InChI=1S/C47H43N3O/c1-2-11-39(12-3-1)50-30-35-18-17-31(36-23-37(33-9-7-21-48-28-33)25-38(24-36)34-10-8-22-49-29-34)26-44(35)41-20-19-32(27-45(41)50)40-14-6-15-43-42-13-4-5-16-46(42)51-47(40)43/h1-11,13-14,16-19,21-23,26-28,36,38-39,41,43,49H,12,15,20,24-25,29-30H2. The summed E-state index contributed by atoms with van der Waals surface area (Å²) in [6.45, 7) is 1.85. The van der Waals surface area contributed by atoms with Crippen molar-refractivity contribution in [1.82, 2.24) is 15.2 Å². The Morgan fingerprint density at radius 3 is 2.76 bits per heavy atom. The lowest BCUT2D eigenvalue weighted by atomic mass is 9.72. The van der Waals surface area contributed by atoms with Crippen molar-refractivity contribution in [2.24, 2.45) is 5.92 Å². The number of hydrogen-bond donors (Lipinski definition) is 1. The Morgan fingerprint density at radius 1 is 0.902 bits per heavy atom. The fraction of sp³-hybridized carbons (Fsp3) is 0.255. The van der Waals surface area contributed by atoms with E-state index in [1.54, 1.807) is 0 Å². The summed E-state index contributed by atoms with van der Waals surface area (Å²) in [7, 11) is 0. The van der Waals surface area contributed by atoms with Crippen LogP contribution in [0.25, 0.3) is 5.57 Å². The zero-order chi connectivity index (χ0) is 33.7. The molecule has 2 aromatic carbocycles. The van der Waals surface area contributed by atoms with Crippen LogP contribution in [0, 0.1) is 5.92 Å². The third-order valence-electron chi connectivity index (χ3n) is 12.1. The maximum Gasteiger partial charge on any atom is 0.130 e. The Kier molecular flexibility index (Phi) is 7.62. The predicted molar refractivity (Wildman–Crippen MR) is 206 cm³/mol. The zero-order valence-corrected chi connectivity index (χ0v) is 28.9. The first-order chi connectivity index (χ1) is 25.3. The molecule has 252 valence electrons. The number of hydrogen-bond acceptors (Lipinski definition) is 4. The molecule has 0 saturated carbocycles. The normalized spacial score (nSPS) is 27.2. The van der Waals surface area contributed by atoms with Gasteiger partial charge in [-0.25, -0.2) is 0 Å². The van der Waals surface area contributed by atoms with Gasteiger partial charge in [-0.15, -0.1) is 0 Å². The van der Waals surface area contributed by atoms with E-state index in [1.165, 1.54) is 55.8 Å². The lowest BCUT2D eigenvalue weighted by molar-refractivity contribution is 0.248. The summed E-state index contributed by atoms with van der Waals surface area (Å²) in [4.78, 5) is 7.18. The van der Waals surface area contributed by atoms with Crippen molar-refractivity contribution in [1.29, 1.82) is 0 Å². The first kappa shape index (κ1) is 30.5. The Morgan fingerprint density at radius 2 is 1.88 bits per heavy atom. The average Bonchev–Trinajstić information content (AvgIpc) is 3.60. The van der Waals surface area contributed by atoms with Crippen LogP contribution in [-0.2, 0) is 6.54 Å². The summed E-state index contributed by atoms with van der Waals surface area (Å²) >= 11 is 0. The Hall–Kier alpha value is -5.35. The van der Waals surface area contributed by atoms with Gasteiger partial charge in [0, 0.05) is 60.1 Å². The van der Waals surface area contributed by atoms with Crippen LogP contribution in [0.1, 0.15) is 77.7 Å². The molecule has 7 aliphatic rings. The molecule has 0 fully saturated rings. The molecule has 1 N–H and O–H groups in total. The largest absolute Gasteiger partial charge is 0.460 e. The molecular weight excluding hydrogens is 623 g/mol. The molecule has 4 heteroatoms. The number of pyridine rings is 1. The highest BCUT2D eigenvalue weighted by Gasteiger charge is 2.38. The first-order valence-electron chi connectivity index (χ1n) is 18.8. The van der Waals surface area contributed by atoms with Crippen LogP contribution in [0.3, 0.4) is 0 Å². The molecule has 1 aromatic heterocycles. The van der Waals surface area contributed by atoms with Gasteiger partial charge in [0.1, 0.15) is 11.5 Å². The number of nitrogens with zero attached hydrogens (tertiary/aromatic N) is 2. The lowest BCUT2D eigenvalue weighted by Gasteiger charge is -2.44. The molecule has 0 bridgehead atoms. The predicted octanol–water partition coefficient (Wildman–Crippen LogP) is 10.1. The number of rotatable bonds is 5. The van der Waals surface area contributed by atoms with Crippen LogP contribution in [0.2, 0.25) is 0 Å². The quantitative estimate of drug-likeness (QED) is 0.294. The smallest absolute Gasteiger partial charge is 0.130 e. The maximum atomic E-state index is 6.59. The molecule has 0 saturated heterocycles. The monoisotopic (exact) mass is 665 g/mol. The lowest BCUT2D eigenvalue weighted by Crippen LogP contribution is -2.39. The number of nitrogens with one attached hydrogen (secondary N) is 1. The maximum absolute atomic E-state index is 6.59. The van der Waals surface area contributed by atoms with Gasteiger partial charge in [0.2, 0.25) is 0 Å². The molecule has 0 spiro atoms. The van der Waals surface area contributed by atoms with E-state index in [4.69, 9.17) is 4.74 Å². The minimum absolute atomic E-state index is 0.301. The number of benzene rings is 2. The number of para-hydroxylation sites is 1. The van der Waals surface area contributed by atoms with Gasteiger partial charge in [-0.05, 0) is 107 Å². The first-order valence-corrected chi connectivity index (χ1v) is 18.8. The van der Waals surface area contributed by atoms with Crippen LogP contribution in [-0.4, -0.2) is 22.5 Å². The van der Waals surface area contributed by atoms with E-state index in [1.807, 2.05) is 12.4 Å². The summed E-state index contributed by atoms with van der Waals surface area (Å²) in [6, 6.07) is 20.7. The third-order valence-corrected chi connectivity index (χ3v) is 12.1. The van der Waals surface area contributed by atoms with Crippen molar-refractivity contribution < 1.29 is 4.74 Å². The van der Waals surface area contributed by atoms with Gasteiger partial charge >= 0.3 is 0 Å². The van der Waals surface area contributed by atoms with Crippen molar-refractivity contribution in [2.45, 2.75) is 62.4 Å². The fourth-order valence-corrected chi connectivity index (χ4v) is 9.52. The number of fused-ring (bicyclic) bond motifs is 6. The molecular formula is C47H43N3O. The Bertz CT molecular complexity index is 2170. The summed E-state index contributed by atoms with van der Waals surface area (Å²) in [5.74, 6) is 3.60. The second-order valence-corrected chi connectivity index (χ2v) is 15.0. The van der Waals surface area contributed by atoms with Crippen molar-refractivity contribution in [3.63, 3.8) is 0 Å². The molecule has 3 aromatic rings. The summed E-state index contributed by atoms with van der Waals surface area (Å²) < 4.78 is 6.59. The van der Waals surface area contributed by atoms with E-state index < -0.39 is 0 Å². The van der Waals surface area contributed by atoms with Crippen molar-refractivity contribution in [2.75, 3.05) is 6.54 Å². The summed E-state index contributed by atoms with van der Waals surface area (Å²) in [5.41, 5.74) is 13.9. The number of aromatic nitrogens is 1. The fourth-order valence-electron chi connectivity index (χ4n) is 9.52. The van der Waals surface area contributed by atoms with Crippen molar-refractivity contribution in [3.8, 4) is 5.75 Å². The minimum atomic E-state index is 0.301. The van der Waals surface area contributed by atoms with E-state index in [0.717, 1.165) is 56.7 Å². The SMILES string of the molecule is C1=CCC(N2Cc3ccc(C4C=C(c5cccnc5)CC(C5=CC=CNC5)C4)cc3C3CC=C(C4=C5Oc6ccccc6C5CC=C4)C=C32)C=C1. The van der Waals surface area contributed by atoms with Crippen LogP contribution in [0.4, 0.5) is 0 Å². The Balaban J connectivity index is 1.03. The number of dihydropyridines is 1. The van der Waals surface area contributed by atoms with Gasteiger partial charge < -0.3 is 15.0 Å². The third kappa shape index (κ3) is 5.49. The van der Waals surface area contributed by atoms with Crippen LogP contribution < -0.4 is 10.1 Å². The molecule has 4 heterocycles. The molecule has 5 atom stereocenters. The minimum Gasteiger partial charge on any atom is -0.460 e. The average molecular weight is 666 g/mol. The highest BCUT2D eigenvalue weighted by Crippen LogP contribution is 2.51. The molecule has 10 rings (SSSR count). The number of ether oxygens (including phenoxy) is 1. The molecule has 0 radical (unpaired) electrons. The highest BCUT2D eigenvalue weighted by atomic mass is 16.5. The van der Waals surface area contributed by atoms with Gasteiger partial charge in [0.25, 0.3) is 0 Å². The topological polar surface area (TPSA) is 37.4 Å². The second-order valence-electron chi connectivity index (χ2n) is 15.0. The van der Waals surface area contributed by atoms with E-state index in [9.17, 15) is 0 Å². The van der Waals surface area contributed by atoms with Gasteiger partial charge in [-0.3, -0.25) is 4.98 Å². The summed E-state index contributed by atoms with van der Waals surface area (Å²) in [6.07, 6.45) is 37.0. The second kappa shape index (κ2) is 12.8. The van der Waals surface area contributed by atoms with E-state index in [2.05, 4.69) is 143 Å². The molecule has 4 nitrogen and oxygen atoms in total. The zero-order valence-electron chi connectivity index (χ0n) is 28.9. The van der Waals surface area contributed by atoms with Gasteiger partial charge in [0.15, 0.2) is 0 Å². The van der Waals surface area contributed by atoms with Crippen molar-refractivity contribution >= 4 is 5.57 Å². The molecule has 0 amide bonds. The van der Waals surface area contributed by atoms with Gasteiger partial charge in [0.05, 0.1) is 6.04 Å². The van der Waals surface area contributed by atoms with Crippen LogP contribution in [0.5, 0.6) is 5.75 Å². The van der Waals surface area contributed by atoms with Crippen LogP contribution in [0.15, 0.2) is 168 Å². The summed E-state index contributed by atoms with van der Waals surface area (Å²) in [5, 5.41) is 3.47. The Labute approximate surface area is 301 Å². The van der Waals surface area contributed by atoms with E-state index in [0.29, 0.717) is 29.7 Å². The number of allylic oxidation sites excluding steroid dienone is 14. The molecule has 5 unspecified atom stereocenters. The van der Waals surface area contributed by atoms with E-state index in [-0.39, 0.29) is 0 Å². The molecule has 3 aliphatic heterocycles. The van der Waals surface area contributed by atoms with Gasteiger partial charge in [-0.1, -0.05) is 97.1 Å². The molecule has 51 heavy (non-hydrogen) atoms. The highest BCUT2D eigenvalue weighted by molar-refractivity contribution is 5.68. The van der Waals surface area contributed by atoms with Crippen LogP contribution >= 0.6 is 0 Å². The van der Waals surface area contributed by atoms with E-state index >= 15 is 0 Å². The van der Waals surface area contributed by atoms with Gasteiger partial charge in [-0.2, -0.15) is 0 Å².